The molecule has 3 heterocycles. The standard InChI is InChI=1S/C16H23ClN4O/c1-12(16-19-11-15(17)20(16)2)18-10-13(14-6-5-9-22-14)21-7-3-4-8-21/h5-6,9,11-13,18H,3-4,7-8,10H2,1-2H3/t12-,13-/m1/s1. The first kappa shape index (κ1) is 15.6. The molecule has 0 bridgehead atoms. The first-order valence-corrected chi connectivity index (χ1v) is 8.22. The second-order valence-electron chi connectivity index (χ2n) is 5.90. The zero-order valence-corrected chi connectivity index (χ0v) is 13.9. The van der Waals surface area contributed by atoms with E-state index in [1.165, 1.54) is 12.8 Å². The predicted octanol–water partition coefficient (Wildman–Crippen LogP) is 3.15. The highest BCUT2D eigenvalue weighted by Gasteiger charge is 2.26. The number of furan rings is 1. The molecule has 0 spiro atoms. The van der Waals surface area contributed by atoms with Crippen molar-refractivity contribution >= 4 is 11.6 Å². The number of hydrogen-bond acceptors (Lipinski definition) is 4. The van der Waals surface area contributed by atoms with Crippen molar-refractivity contribution in [2.24, 2.45) is 7.05 Å². The Morgan fingerprint density at radius 3 is 2.77 bits per heavy atom. The lowest BCUT2D eigenvalue weighted by atomic mass is 10.1. The molecule has 22 heavy (non-hydrogen) atoms. The first-order valence-electron chi connectivity index (χ1n) is 7.84. The van der Waals surface area contributed by atoms with E-state index in [-0.39, 0.29) is 12.1 Å². The Hall–Kier alpha value is -1.30. The van der Waals surface area contributed by atoms with Crippen LogP contribution in [0.2, 0.25) is 5.15 Å². The molecule has 2 aromatic heterocycles. The number of halogens is 1. The smallest absolute Gasteiger partial charge is 0.128 e. The summed E-state index contributed by atoms with van der Waals surface area (Å²) in [5.41, 5.74) is 0. The van der Waals surface area contributed by atoms with Crippen molar-refractivity contribution in [3.05, 3.63) is 41.3 Å². The molecule has 3 rings (SSSR count). The summed E-state index contributed by atoms with van der Waals surface area (Å²) in [7, 11) is 1.94. The number of nitrogens with zero attached hydrogens (tertiary/aromatic N) is 3. The summed E-state index contributed by atoms with van der Waals surface area (Å²) in [6.45, 7) is 5.21. The Bertz CT molecular complexity index is 589. The Labute approximate surface area is 136 Å². The van der Waals surface area contributed by atoms with Crippen LogP contribution in [0.1, 0.15) is 43.4 Å². The molecular weight excluding hydrogens is 300 g/mol. The van der Waals surface area contributed by atoms with Crippen molar-refractivity contribution in [1.82, 2.24) is 19.8 Å². The zero-order valence-electron chi connectivity index (χ0n) is 13.1. The topological polar surface area (TPSA) is 46.2 Å². The van der Waals surface area contributed by atoms with Gasteiger partial charge in [0.1, 0.15) is 16.7 Å². The molecule has 0 aromatic carbocycles. The zero-order chi connectivity index (χ0) is 15.5. The van der Waals surface area contributed by atoms with Gasteiger partial charge in [-0.25, -0.2) is 4.98 Å². The first-order chi connectivity index (χ1) is 10.7. The van der Waals surface area contributed by atoms with Crippen LogP contribution in [0.4, 0.5) is 0 Å². The minimum Gasteiger partial charge on any atom is -0.468 e. The molecule has 1 aliphatic rings. The monoisotopic (exact) mass is 322 g/mol. The van der Waals surface area contributed by atoms with Gasteiger partial charge in [-0.15, -0.1) is 0 Å². The lowest BCUT2D eigenvalue weighted by Crippen LogP contribution is -2.35. The van der Waals surface area contributed by atoms with Gasteiger partial charge in [0.15, 0.2) is 0 Å². The van der Waals surface area contributed by atoms with Crippen LogP contribution >= 0.6 is 11.6 Å². The molecule has 1 fully saturated rings. The Kier molecular flexibility index (Phi) is 4.86. The minimum atomic E-state index is 0.137. The quantitative estimate of drug-likeness (QED) is 0.887. The normalized spacial score (nSPS) is 18.7. The number of imidazole rings is 1. The maximum Gasteiger partial charge on any atom is 0.128 e. The largest absolute Gasteiger partial charge is 0.468 e. The van der Waals surface area contributed by atoms with E-state index in [1.807, 2.05) is 17.7 Å². The summed E-state index contributed by atoms with van der Waals surface area (Å²) >= 11 is 6.07. The number of rotatable bonds is 6. The maximum absolute atomic E-state index is 6.07. The number of aromatic nitrogens is 2. The molecule has 0 aliphatic carbocycles. The average Bonchev–Trinajstić information content (AvgIpc) is 3.24. The fourth-order valence-electron chi connectivity index (χ4n) is 3.13. The van der Waals surface area contributed by atoms with E-state index in [2.05, 4.69) is 28.2 Å². The summed E-state index contributed by atoms with van der Waals surface area (Å²) < 4.78 is 7.56. The summed E-state index contributed by atoms with van der Waals surface area (Å²) in [4.78, 5) is 6.87. The number of likely N-dealkylation sites (tertiary alicyclic amines) is 1. The van der Waals surface area contributed by atoms with Gasteiger partial charge in [0, 0.05) is 13.6 Å². The molecule has 1 aliphatic heterocycles. The van der Waals surface area contributed by atoms with Crippen LogP contribution in [0.15, 0.2) is 29.0 Å². The van der Waals surface area contributed by atoms with Gasteiger partial charge >= 0.3 is 0 Å². The van der Waals surface area contributed by atoms with E-state index in [0.717, 1.165) is 31.2 Å². The van der Waals surface area contributed by atoms with Gasteiger partial charge in [0.05, 0.1) is 24.5 Å². The number of nitrogens with one attached hydrogen (secondary N) is 1. The van der Waals surface area contributed by atoms with Crippen LogP contribution in [-0.4, -0.2) is 34.1 Å². The molecule has 0 saturated carbocycles. The molecule has 0 radical (unpaired) electrons. The van der Waals surface area contributed by atoms with Crippen molar-refractivity contribution in [3.8, 4) is 0 Å². The highest BCUT2D eigenvalue weighted by atomic mass is 35.5. The van der Waals surface area contributed by atoms with Crippen LogP contribution < -0.4 is 5.32 Å². The predicted molar refractivity (Wildman–Crippen MR) is 86.9 cm³/mol. The summed E-state index contributed by atoms with van der Waals surface area (Å²) in [5, 5.41) is 4.23. The lowest BCUT2D eigenvalue weighted by molar-refractivity contribution is 0.205. The highest BCUT2D eigenvalue weighted by molar-refractivity contribution is 6.29. The summed E-state index contributed by atoms with van der Waals surface area (Å²) in [5.74, 6) is 1.98. The fraction of sp³-hybridized carbons (Fsp3) is 0.562. The van der Waals surface area contributed by atoms with Crippen molar-refractivity contribution in [1.29, 1.82) is 0 Å². The van der Waals surface area contributed by atoms with Crippen molar-refractivity contribution in [3.63, 3.8) is 0 Å². The van der Waals surface area contributed by atoms with E-state index >= 15 is 0 Å². The molecule has 1 saturated heterocycles. The van der Waals surface area contributed by atoms with Gasteiger partial charge < -0.3 is 14.3 Å². The fourth-order valence-corrected chi connectivity index (χ4v) is 3.26. The SMILES string of the molecule is C[C@@H](NC[C@H](c1ccco1)N1CCCC1)c1ncc(Cl)n1C. The van der Waals surface area contributed by atoms with Crippen molar-refractivity contribution < 1.29 is 4.42 Å². The minimum absolute atomic E-state index is 0.137. The third-order valence-electron chi connectivity index (χ3n) is 4.43. The highest BCUT2D eigenvalue weighted by Crippen LogP contribution is 2.26. The van der Waals surface area contributed by atoms with E-state index < -0.39 is 0 Å². The van der Waals surface area contributed by atoms with E-state index in [9.17, 15) is 0 Å². The van der Waals surface area contributed by atoms with Gasteiger partial charge in [-0.2, -0.15) is 0 Å². The second kappa shape index (κ2) is 6.86. The summed E-state index contributed by atoms with van der Waals surface area (Å²) in [6, 6.07) is 4.43. The van der Waals surface area contributed by atoms with Gasteiger partial charge in [-0.3, -0.25) is 4.90 Å². The molecule has 2 atom stereocenters. The van der Waals surface area contributed by atoms with Gasteiger partial charge in [-0.05, 0) is 45.0 Å². The van der Waals surface area contributed by atoms with Crippen LogP contribution in [0.5, 0.6) is 0 Å². The van der Waals surface area contributed by atoms with Crippen LogP contribution in [0.3, 0.4) is 0 Å². The molecule has 5 nitrogen and oxygen atoms in total. The van der Waals surface area contributed by atoms with E-state index in [1.54, 1.807) is 12.5 Å². The van der Waals surface area contributed by atoms with Crippen LogP contribution in [0.25, 0.3) is 0 Å². The van der Waals surface area contributed by atoms with E-state index in [0.29, 0.717) is 5.15 Å². The molecule has 0 amide bonds. The molecule has 120 valence electrons. The van der Waals surface area contributed by atoms with Crippen molar-refractivity contribution in [2.75, 3.05) is 19.6 Å². The Morgan fingerprint density at radius 2 is 2.18 bits per heavy atom. The third kappa shape index (κ3) is 3.21. The maximum atomic E-state index is 6.07. The van der Waals surface area contributed by atoms with Gasteiger partial charge in [0.2, 0.25) is 0 Å². The molecule has 1 N–H and O–H groups in total. The van der Waals surface area contributed by atoms with Crippen molar-refractivity contribution in [2.45, 2.75) is 31.8 Å². The Morgan fingerprint density at radius 1 is 1.41 bits per heavy atom. The molecule has 2 aromatic rings. The summed E-state index contributed by atoms with van der Waals surface area (Å²) in [6.07, 6.45) is 5.98. The number of hydrogen-bond donors (Lipinski definition) is 1. The van der Waals surface area contributed by atoms with E-state index in [4.69, 9.17) is 16.0 Å². The molecule has 6 heteroatoms. The van der Waals surface area contributed by atoms with Gasteiger partial charge in [0.25, 0.3) is 0 Å². The lowest BCUT2D eigenvalue weighted by Gasteiger charge is -2.27. The van der Waals surface area contributed by atoms with Crippen LogP contribution in [-0.2, 0) is 7.05 Å². The molecular formula is C16H23ClN4O. The average molecular weight is 323 g/mol. The third-order valence-corrected chi connectivity index (χ3v) is 4.78. The van der Waals surface area contributed by atoms with Crippen LogP contribution in [0, 0.1) is 0 Å². The second-order valence-corrected chi connectivity index (χ2v) is 6.29. The van der Waals surface area contributed by atoms with Gasteiger partial charge in [-0.1, -0.05) is 11.6 Å². The Balaban J connectivity index is 1.67. The molecule has 0 unspecified atom stereocenters.